The van der Waals surface area contributed by atoms with Crippen molar-refractivity contribution in [2.24, 2.45) is 0 Å². The lowest BCUT2D eigenvalue weighted by Crippen LogP contribution is -2.38. The smallest absolute Gasteiger partial charge is 0.323 e. The summed E-state index contributed by atoms with van der Waals surface area (Å²) in [5.74, 6) is -1.43. The van der Waals surface area contributed by atoms with E-state index in [4.69, 9.17) is 9.84 Å². The van der Waals surface area contributed by atoms with E-state index in [0.717, 1.165) is 0 Å². The second kappa shape index (κ2) is 8.73. The van der Waals surface area contributed by atoms with Crippen molar-refractivity contribution in [2.75, 3.05) is 26.8 Å². The molecule has 0 fully saturated rings. The van der Waals surface area contributed by atoms with Crippen LogP contribution in [-0.2, 0) is 20.7 Å². The summed E-state index contributed by atoms with van der Waals surface area (Å²) in [6.07, 6.45) is 0.391. The van der Waals surface area contributed by atoms with Crippen molar-refractivity contribution >= 4 is 17.6 Å². The van der Waals surface area contributed by atoms with E-state index in [1.54, 1.807) is 12.1 Å². The lowest BCUT2D eigenvalue weighted by Gasteiger charge is -2.20. The number of methoxy groups -OCH3 is 1. The molecule has 0 unspecified atom stereocenters. The molecule has 0 atom stereocenters. The first-order valence-corrected chi connectivity index (χ1v) is 6.66. The van der Waals surface area contributed by atoms with E-state index < -0.39 is 17.4 Å². The highest BCUT2D eigenvalue weighted by molar-refractivity contribution is 5.81. The molecule has 1 rings (SSSR count). The van der Waals surface area contributed by atoms with Crippen LogP contribution in [-0.4, -0.2) is 53.6 Å². The summed E-state index contributed by atoms with van der Waals surface area (Å²) in [4.78, 5) is 34.2. The number of aliphatic carboxylic acids is 1. The molecule has 22 heavy (non-hydrogen) atoms. The first-order valence-electron chi connectivity index (χ1n) is 6.66. The minimum Gasteiger partial charge on any atom is -0.480 e. The Labute approximate surface area is 127 Å². The number of benzene rings is 1. The van der Waals surface area contributed by atoms with E-state index in [9.17, 15) is 19.7 Å². The molecule has 0 spiro atoms. The maximum atomic E-state index is 12.0. The van der Waals surface area contributed by atoms with Gasteiger partial charge in [-0.1, -0.05) is 12.1 Å². The SMILES string of the molecule is COCCN(CC(=O)O)C(=O)CCc1cccc([N+](=O)[O-])c1. The van der Waals surface area contributed by atoms with Crippen molar-refractivity contribution in [3.63, 3.8) is 0 Å². The number of nitrogens with zero attached hydrogens (tertiary/aromatic N) is 2. The Bertz CT molecular complexity index is 546. The van der Waals surface area contributed by atoms with Gasteiger partial charge in [-0.25, -0.2) is 0 Å². The summed E-state index contributed by atoms with van der Waals surface area (Å²) in [6, 6.07) is 6.03. The quantitative estimate of drug-likeness (QED) is 0.540. The van der Waals surface area contributed by atoms with E-state index in [2.05, 4.69) is 0 Å². The molecule has 0 saturated heterocycles. The molecular formula is C14H18N2O6. The van der Waals surface area contributed by atoms with Crippen molar-refractivity contribution < 1.29 is 24.4 Å². The van der Waals surface area contributed by atoms with Crippen molar-refractivity contribution in [3.8, 4) is 0 Å². The van der Waals surface area contributed by atoms with E-state index in [1.807, 2.05) is 0 Å². The van der Waals surface area contributed by atoms with Crippen molar-refractivity contribution in [2.45, 2.75) is 12.8 Å². The fourth-order valence-corrected chi connectivity index (χ4v) is 1.89. The molecule has 0 radical (unpaired) electrons. The molecule has 1 amide bonds. The third kappa shape index (κ3) is 5.88. The third-order valence-corrected chi connectivity index (χ3v) is 2.99. The minimum absolute atomic E-state index is 0.0354. The van der Waals surface area contributed by atoms with Gasteiger partial charge in [0.1, 0.15) is 6.54 Å². The lowest BCUT2D eigenvalue weighted by molar-refractivity contribution is -0.384. The number of non-ortho nitro benzene ring substituents is 1. The molecule has 0 saturated carbocycles. The highest BCUT2D eigenvalue weighted by Crippen LogP contribution is 2.14. The number of nitro groups is 1. The standard InChI is InChI=1S/C14H18N2O6/c1-22-8-7-15(10-14(18)19)13(17)6-5-11-3-2-4-12(9-11)16(20)21/h2-4,9H,5-8,10H2,1H3,(H,18,19). The zero-order valence-electron chi connectivity index (χ0n) is 12.2. The number of carboxylic acids is 1. The van der Waals surface area contributed by atoms with Gasteiger partial charge < -0.3 is 14.7 Å². The van der Waals surface area contributed by atoms with Crippen LogP contribution in [0.2, 0.25) is 0 Å². The van der Waals surface area contributed by atoms with Crippen molar-refractivity contribution in [1.29, 1.82) is 0 Å². The van der Waals surface area contributed by atoms with E-state index in [0.29, 0.717) is 12.0 Å². The number of aryl methyl sites for hydroxylation is 1. The first-order chi connectivity index (χ1) is 10.4. The average molecular weight is 310 g/mol. The van der Waals surface area contributed by atoms with Crippen molar-refractivity contribution in [3.05, 3.63) is 39.9 Å². The van der Waals surface area contributed by atoms with Crippen LogP contribution in [0.5, 0.6) is 0 Å². The molecule has 0 aliphatic rings. The molecule has 0 aromatic heterocycles. The number of nitro benzene ring substituents is 1. The number of rotatable bonds is 9. The van der Waals surface area contributed by atoms with Crippen LogP contribution in [0.4, 0.5) is 5.69 Å². The Morgan fingerprint density at radius 1 is 1.41 bits per heavy atom. The van der Waals surface area contributed by atoms with Crippen LogP contribution < -0.4 is 0 Å². The molecule has 8 heteroatoms. The van der Waals surface area contributed by atoms with Gasteiger partial charge >= 0.3 is 5.97 Å². The van der Waals surface area contributed by atoms with E-state index in [1.165, 1.54) is 24.1 Å². The Hall–Kier alpha value is -2.48. The minimum atomic E-state index is -1.10. The Balaban J connectivity index is 2.63. The molecule has 8 nitrogen and oxygen atoms in total. The average Bonchev–Trinajstić information content (AvgIpc) is 2.49. The van der Waals surface area contributed by atoms with Crippen LogP contribution in [0.3, 0.4) is 0 Å². The van der Waals surface area contributed by atoms with Gasteiger partial charge in [0.2, 0.25) is 5.91 Å². The maximum Gasteiger partial charge on any atom is 0.323 e. The van der Waals surface area contributed by atoms with Crippen LogP contribution in [0.1, 0.15) is 12.0 Å². The number of ether oxygens (including phenoxy) is 1. The van der Waals surface area contributed by atoms with Gasteiger partial charge in [-0.05, 0) is 12.0 Å². The van der Waals surface area contributed by atoms with Gasteiger partial charge in [0.05, 0.1) is 11.5 Å². The Morgan fingerprint density at radius 3 is 2.73 bits per heavy atom. The molecule has 0 heterocycles. The topological polar surface area (TPSA) is 110 Å². The van der Waals surface area contributed by atoms with Gasteiger partial charge in [-0.3, -0.25) is 19.7 Å². The zero-order valence-corrected chi connectivity index (χ0v) is 12.2. The number of carbonyl (C=O) groups excluding carboxylic acids is 1. The number of hydrogen-bond donors (Lipinski definition) is 1. The predicted molar refractivity (Wildman–Crippen MR) is 77.5 cm³/mol. The van der Waals surface area contributed by atoms with Gasteiger partial charge in [-0.2, -0.15) is 0 Å². The zero-order chi connectivity index (χ0) is 16.5. The van der Waals surface area contributed by atoms with Crippen LogP contribution >= 0.6 is 0 Å². The second-order valence-electron chi connectivity index (χ2n) is 4.63. The summed E-state index contributed by atoms with van der Waals surface area (Å²) in [5.41, 5.74) is 0.622. The third-order valence-electron chi connectivity index (χ3n) is 2.99. The molecule has 0 aliphatic heterocycles. The first kappa shape index (κ1) is 17.6. The van der Waals surface area contributed by atoms with Gasteiger partial charge in [0.25, 0.3) is 5.69 Å². The summed E-state index contributed by atoms with van der Waals surface area (Å²) in [7, 11) is 1.46. The molecule has 1 N–H and O–H groups in total. The number of hydrogen-bond acceptors (Lipinski definition) is 5. The van der Waals surface area contributed by atoms with Gasteiger partial charge in [-0.15, -0.1) is 0 Å². The molecule has 1 aromatic rings. The molecule has 0 aliphatic carbocycles. The molecule has 0 bridgehead atoms. The molecule has 120 valence electrons. The number of carbonyl (C=O) groups is 2. The van der Waals surface area contributed by atoms with Gasteiger partial charge in [0.15, 0.2) is 0 Å². The summed E-state index contributed by atoms with van der Waals surface area (Å²) < 4.78 is 4.85. The van der Waals surface area contributed by atoms with Crippen molar-refractivity contribution in [1.82, 2.24) is 4.90 Å². The normalized spacial score (nSPS) is 10.2. The monoisotopic (exact) mass is 310 g/mol. The Morgan fingerprint density at radius 2 is 2.14 bits per heavy atom. The van der Waals surface area contributed by atoms with E-state index in [-0.39, 0.29) is 31.2 Å². The summed E-state index contributed by atoms with van der Waals surface area (Å²) in [5, 5.41) is 19.5. The molecule has 1 aromatic carbocycles. The molecular weight excluding hydrogens is 292 g/mol. The van der Waals surface area contributed by atoms with Crippen LogP contribution in [0.25, 0.3) is 0 Å². The van der Waals surface area contributed by atoms with Crippen LogP contribution in [0, 0.1) is 10.1 Å². The Kier molecular flexibility index (Phi) is 6.97. The maximum absolute atomic E-state index is 12.0. The summed E-state index contributed by atoms with van der Waals surface area (Å²) >= 11 is 0. The highest BCUT2D eigenvalue weighted by Gasteiger charge is 2.16. The predicted octanol–water partition coefficient (Wildman–Crippen LogP) is 1.09. The summed E-state index contributed by atoms with van der Waals surface area (Å²) in [6.45, 7) is 0.0452. The van der Waals surface area contributed by atoms with Crippen LogP contribution in [0.15, 0.2) is 24.3 Å². The lowest BCUT2D eigenvalue weighted by atomic mass is 10.1. The number of carboxylic acid groups (broad SMARTS) is 1. The second-order valence-corrected chi connectivity index (χ2v) is 4.63. The highest BCUT2D eigenvalue weighted by atomic mass is 16.6. The fourth-order valence-electron chi connectivity index (χ4n) is 1.89. The van der Waals surface area contributed by atoms with Gasteiger partial charge in [0, 0.05) is 32.2 Å². The fraction of sp³-hybridized carbons (Fsp3) is 0.429. The largest absolute Gasteiger partial charge is 0.480 e. The number of amides is 1. The van der Waals surface area contributed by atoms with E-state index >= 15 is 0 Å².